The Morgan fingerprint density at radius 1 is 1.00 bits per heavy atom. The van der Waals surface area contributed by atoms with E-state index in [-0.39, 0.29) is 5.56 Å². The van der Waals surface area contributed by atoms with E-state index in [0.717, 1.165) is 11.1 Å². The average Bonchev–Trinajstić information content (AvgIpc) is 2.30. The van der Waals surface area contributed by atoms with Crippen LogP contribution in [0, 0.1) is 5.82 Å². The van der Waals surface area contributed by atoms with Crippen molar-refractivity contribution in [3.8, 4) is 11.1 Å². The smallest absolute Gasteiger partial charge is 0.251 e. The highest BCUT2D eigenvalue weighted by atomic mass is 19.1. The van der Waals surface area contributed by atoms with Gasteiger partial charge in [0.2, 0.25) is 0 Å². The summed E-state index contributed by atoms with van der Waals surface area (Å²) in [6, 6.07) is 13.8. The zero-order valence-electron chi connectivity index (χ0n) is 8.48. The molecule has 0 heterocycles. The zero-order valence-corrected chi connectivity index (χ0v) is 8.48. The molecule has 0 aliphatic rings. The summed E-state index contributed by atoms with van der Waals surface area (Å²) in [6.07, 6.45) is 0. The summed E-state index contributed by atoms with van der Waals surface area (Å²) in [5, 5.41) is 0. The van der Waals surface area contributed by atoms with Gasteiger partial charge in [0.25, 0.3) is 5.91 Å². The molecule has 0 radical (unpaired) electrons. The van der Waals surface area contributed by atoms with Crippen LogP contribution in [-0.4, -0.2) is 5.91 Å². The Bertz CT molecular complexity index is 523. The molecule has 0 saturated carbocycles. The molecule has 0 saturated heterocycles. The largest absolute Gasteiger partial charge is 0.366 e. The van der Waals surface area contributed by atoms with Crippen molar-refractivity contribution >= 4 is 5.91 Å². The van der Waals surface area contributed by atoms with E-state index in [9.17, 15) is 9.18 Å². The zero-order chi connectivity index (χ0) is 11.5. The Labute approximate surface area is 92.5 Å². The topological polar surface area (TPSA) is 43.1 Å². The van der Waals surface area contributed by atoms with Gasteiger partial charge in [-0.3, -0.25) is 4.79 Å². The molecule has 0 aliphatic carbocycles. The van der Waals surface area contributed by atoms with Crippen LogP contribution < -0.4 is 5.73 Å². The molecule has 80 valence electrons. The van der Waals surface area contributed by atoms with Crippen LogP contribution in [0.3, 0.4) is 0 Å². The van der Waals surface area contributed by atoms with Gasteiger partial charge in [-0.1, -0.05) is 36.4 Å². The lowest BCUT2D eigenvalue weighted by Crippen LogP contribution is -2.13. The fourth-order valence-corrected chi connectivity index (χ4v) is 1.52. The molecule has 3 heteroatoms. The number of amides is 1. The molecule has 2 N–H and O–H groups in total. The predicted molar refractivity (Wildman–Crippen MR) is 60.4 cm³/mol. The van der Waals surface area contributed by atoms with E-state index >= 15 is 0 Å². The van der Waals surface area contributed by atoms with Crippen molar-refractivity contribution in [1.82, 2.24) is 0 Å². The summed E-state index contributed by atoms with van der Waals surface area (Å²) in [7, 11) is 0. The molecule has 16 heavy (non-hydrogen) atoms. The van der Waals surface area contributed by atoms with Crippen molar-refractivity contribution in [2.24, 2.45) is 5.73 Å². The minimum Gasteiger partial charge on any atom is -0.366 e. The molecule has 2 nitrogen and oxygen atoms in total. The quantitative estimate of drug-likeness (QED) is 0.822. The lowest BCUT2D eigenvalue weighted by Gasteiger charge is -2.04. The highest BCUT2D eigenvalue weighted by molar-refractivity contribution is 5.94. The van der Waals surface area contributed by atoms with Crippen molar-refractivity contribution in [2.45, 2.75) is 0 Å². The number of carbonyl (C=O) groups is 1. The molecule has 0 atom stereocenters. The first kappa shape index (κ1) is 10.4. The summed E-state index contributed by atoms with van der Waals surface area (Å²) in [6.45, 7) is 0. The van der Waals surface area contributed by atoms with E-state index in [1.165, 1.54) is 12.1 Å². The molecule has 2 aromatic carbocycles. The molecule has 2 rings (SSSR count). The summed E-state index contributed by atoms with van der Waals surface area (Å²) in [5.74, 6) is -1.34. The van der Waals surface area contributed by atoms with Gasteiger partial charge in [0.05, 0.1) is 5.56 Å². The van der Waals surface area contributed by atoms with Crippen LogP contribution in [0.15, 0.2) is 48.5 Å². The molecule has 2 aromatic rings. The van der Waals surface area contributed by atoms with E-state index in [1.54, 1.807) is 6.07 Å². The third-order valence-electron chi connectivity index (χ3n) is 2.34. The molecule has 1 amide bonds. The van der Waals surface area contributed by atoms with Crippen molar-refractivity contribution in [1.29, 1.82) is 0 Å². The summed E-state index contributed by atoms with van der Waals surface area (Å²) in [5.41, 5.74) is 6.70. The van der Waals surface area contributed by atoms with Gasteiger partial charge in [-0.15, -0.1) is 0 Å². The van der Waals surface area contributed by atoms with Gasteiger partial charge >= 0.3 is 0 Å². The Balaban J connectivity index is 2.52. The van der Waals surface area contributed by atoms with E-state index in [0.29, 0.717) is 0 Å². The van der Waals surface area contributed by atoms with Crippen LogP contribution in [0.1, 0.15) is 10.4 Å². The van der Waals surface area contributed by atoms with Crippen LogP contribution in [0.25, 0.3) is 11.1 Å². The fraction of sp³-hybridized carbons (Fsp3) is 0. The van der Waals surface area contributed by atoms with Crippen molar-refractivity contribution in [3.05, 3.63) is 59.9 Å². The third kappa shape index (κ3) is 1.93. The molecular formula is C13H10FNO. The first-order valence-corrected chi connectivity index (χ1v) is 4.83. The second-order valence-corrected chi connectivity index (χ2v) is 3.42. The van der Waals surface area contributed by atoms with Gasteiger partial charge in [-0.25, -0.2) is 4.39 Å². The minimum atomic E-state index is -0.754. The van der Waals surface area contributed by atoms with Gasteiger partial charge in [0.1, 0.15) is 5.82 Å². The van der Waals surface area contributed by atoms with E-state index in [2.05, 4.69) is 0 Å². The number of hydrogen-bond donors (Lipinski definition) is 1. The maximum Gasteiger partial charge on any atom is 0.251 e. The number of carbonyl (C=O) groups excluding carboxylic acids is 1. The van der Waals surface area contributed by atoms with Gasteiger partial charge in [0.15, 0.2) is 0 Å². The first-order chi connectivity index (χ1) is 7.68. The lowest BCUT2D eigenvalue weighted by molar-refractivity contribution is 0.0996. The molecule has 0 fully saturated rings. The number of hydrogen-bond acceptors (Lipinski definition) is 1. The number of benzene rings is 2. The normalized spacial score (nSPS) is 10.1. The molecular weight excluding hydrogens is 205 g/mol. The second kappa shape index (κ2) is 4.14. The molecule has 0 unspecified atom stereocenters. The van der Waals surface area contributed by atoms with E-state index < -0.39 is 11.7 Å². The van der Waals surface area contributed by atoms with Gasteiger partial charge < -0.3 is 5.73 Å². The van der Waals surface area contributed by atoms with Crippen LogP contribution in [0.2, 0.25) is 0 Å². The molecule has 0 spiro atoms. The van der Waals surface area contributed by atoms with Crippen molar-refractivity contribution in [3.63, 3.8) is 0 Å². The second-order valence-electron chi connectivity index (χ2n) is 3.42. The van der Waals surface area contributed by atoms with Crippen LogP contribution in [0.5, 0.6) is 0 Å². The maximum atomic E-state index is 13.2. The van der Waals surface area contributed by atoms with Gasteiger partial charge in [-0.2, -0.15) is 0 Å². The fourth-order valence-electron chi connectivity index (χ4n) is 1.52. The lowest BCUT2D eigenvalue weighted by atomic mass is 10.0. The van der Waals surface area contributed by atoms with Crippen molar-refractivity contribution < 1.29 is 9.18 Å². The highest BCUT2D eigenvalue weighted by Gasteiger charge is 2.09. The predicted octanol–water partition coefficient (Wildman–Crippen LogP) is 2.59. The van der Waals surface area contributed by atoms with Crippen LogP contribution >= 0.6 is 0 Å². The third-order valence-corrected chi connectivity index (χ3v) is 2.34. The SMILES string of the molecule is NC(=O)c1cc(-c2ccccc2)ccc1F. The standard InChI is InChI=1S/C13H10FNO/c14-12-7-6-10(8-11(12)13(15)16)9-4-2-1-3-5-9/h1-8H,(H2,15,16). The monoisotopic (exact) mass is 215 g/mol. The van der Waals surface area contributed by atoms with E-state index in [1.807, 2.05) is 30.3 Å². The summed E-state index contributed by atoms with van der Waals surface area (Å²) in [4.78, 5) is 11.0. The first-order valence-electron chi connectivity index (χ1n) is 4.83. The van der Waals surface area contributed by atoms with Crippen LogP contribution in [-0.2, 0) is 0 Å². The van der Waals surface area contributed by atoms with Gasteiger partial charge in [-0.05, 0) is 23.3 Å². The number of primary amides is 1. The summed E-state index contributed by atoms with van der Waals surface area (Å²) < 4.78 is 13.2. The Hall–Kier alpha value is -2.16. The molecule has 0 aliphatic heterocycles. The van der Waals surface area contributed by atoms with E-state index in [4.69, 9.17) is 5.73 Å². The Morgan fingerprint density at radius 2 is 1.69 bits per heavy atom. The number of rotatable bonds is 2. The van der Waals surface area contributed by atoms with Crippen molar-refractivity contribution in [2.75, 3.05) is 0 Å². The summed E-state index contributed by atoms with van der Waals surface area (Å²) >= 11 is 0. The number of halogens is 1. The molecule has 0 aromatic heterocycles. The van der Waals surface area contributed by atoms with Crippen LogP contribution in [0.4, 0.5) is 4.39 Å². The Morgan fingerprint density at radius 3 is 2.31 bits per heavy atom. The van der Waals surface area contributed by atoms with Gasteiger partial charge in [0, 0.05) is 0 Å². The Kier molecular flexibility index (Phi) is 2.68. The average molecular weight is 215 g/mol. The minimum absolute atomic E-state index is 0.0821. The maximum absolute atomic E-state index is 13.2. The molecule has 0 bridgehead atoms. The number of nitrogens with two attached hydrogens (primary N) is 1. The highest BCUT2D eigenvalue weighted by Crippen LogP contribution is 2.21.